The van der Waals surface area contributed by atoms with Gasteiger partial charge in [-0.3, -0.25) is 9.59 Å². The number of aromatic nitrogens is 2. The Bertz CT molecular complexity index is 1050. The molecule has 0 aliphatic carbocycles. The maximum atomic E-state index is 13.4. The van der Waals surface area contributed by atoms with E-state index in [0.29, 0.717) is 36.6 Å². The Kier molecular flexibility index (Phi) is 6.66. The quantitative estimate of drug-likeness (QED) is 0.632. The second-order valence-corrected chi connectivity index (χ2v) is 8.61. The minimum Gasteiger partial charge on any atom is -0.339 e. The second-order valence-electron chi connectivity index (χ2n) is 7.55. The number of amides is 2. The van der Waals surface area contributed by atoms with Crippen LogP contribution in [0.1, 0.15) is 33.8 Å². The summed E-state index contributed by atoms with van der Waals surface area (Å²) < 4.78 is 13.4. The number of carbonyl (C=O) groups excluding carboxylic acids is 2. The molecule has 2 amide bonds. The van der Waals surface area contributed by atoms with E-state index in [4.69, 9.17) is 0 Å². The van der Waals surface area contributed by atoms with Crippen LogP contribution in [0.2, 0.25) is 0 Å². The number of rotatable bonds is 6. The summed E-state index contributed by atoms with van der Waals surface area (Å²) >= 11 is 1.39. The minimum atomic E-state index is -0.430. The van der Waals surface area contributed by atoms with E-state index in [2.05, 4.69) is 27.6 Å². The Hall–Kier alpha value is -3.13. The Labute approximate surface area is 184 Å². The Morgan fingerprint density at radius 3 is 2.55 bits per heavy atom. The summed E-state index contributed by atoms with van der Waals surface area (Å²) in [7, 11) is 0. The lowest BCUT2D eigenvalue weighted by molar-refractivity contribution is -0.121. The summed E-state index contributed by atoms with van der Waals surface area (Å²) in [5.41, 5.74) is 1.57. The lowest BCUT2D eigenvalue weighted by Gasteiger charge is -2.31. The molecule has 0 spiro atoms. The zero-order valence-electron chi connectivity index (χ0n) is 17.0. The van der Waals surface area contributed by atoms with Crippen molar-refractivity contribution in [2.24, 2.45) is 5.92 Å². The number of nitrogens with one attached hydrogen (secondary N) is 1. The van der Waals surface area contributed by atoms with Gasteiger partial charge in [0.25, 0.3) is 5.91 Å². The normalized spacial score (nSPS) is 14.4. The fourth-order valence-corrected chi connectivity index (χ4v) is 4.40. The molecule has 0 radical (unpaired) electrons. The van der Waals surface area contributed by atoms with Gasteiger partial charge in [-0.2, -0.15) is 0 Å². The van der Waals surface area contributed by atoms with E-state index in [1.807, 2.05) is 18.2 Å². The molecule has 0 atom stereocenters. The Morgan fingerprint density at radius 2 is 1.81 bits per heavy atom. The van der Waals surface area contributed by atoms with Crippen molar-refractivity contribution >= 4 is 28.3 Å². The molecule has 8 heteroatoms. The molecule has 2 aromatic carbocycles. The highest BCUT2D eigenvalue weighted by Crippen LogP contribution is 2.23. The molecule has 2 heterocycles. The number of hydrogen-bond acceptors (Lipinski definition) is 5. The Balaban J connectivity index is 1.26. The molecule has 0 bridgehead atoms. The highest BCUT2D eigenvalue weighted by atomic mass is 32.1. The molecule has 0 saturated carbocycles. The monoisotopic (exact) mass is 438 g/mol. The smallest absolute Gasteiger partial charge is 0.253 e. The van der Waals surface area contributed by atoms with Crippen molar-refractivity contribution in [1.29, 1.82) is 0 Å². The molecule has 1 aliphatic rings. The number of anilines is 1. The van der Waals surface area contributed by atoms with Gasteiger partial charge in [-0.15, -0.1) is 10.2 Å². The van der Waals surface area contributed by atoms with Gasteiger partial charge in [0.2, 0.25) is 11.0 Å². The molecule has 1 fully saturated rings. The average molecular weight is 439 g/mol. The molecule has 1 N–H and O–H groups in total. The fourth-order valence-electron chi connectivity index (χ4n) is 3.66. The molecule has 1 aromatic heterocycles. The molecular formula is C23H23FN4O2S. The average Bonchev–Trinajstić information content (AvgIpc) is 3.25. The molecule has 4 rings (SSSR count). The largest absolute Gasteiger partial charge is 0.339 e. The van der Waals surface area contributed by atoms with E-state index >= 15 is 0 Å². The number of likely N-dealkylation sites (tertiary alicyclic amines) is 1. The molecular weight excluding hydrogens is 415 g/mol. The van der Waals surface area contributed by atoms with E-state index in [1.54, 1.807) is 11.0 Å². The van der Waals surface area contributed by atoms with Gasteiger partial charge in [-0.05, 0) is 43.0 Å². The first-order valence-electron chi connectivity index (χ1n) is 10.3. The van der Waals surface area contributed by atoms with Crippen molar-refractivity contribution in [3.63, 3.8) is 0 Å². The third-order valence-corrected chi connectivity index (χ3v) is 6.29. The first-order valence-corrected chi connectivity index (χ1v) is 11.1. The number of aryl methyl sites for hydroxylation is 2. The molecule has 0 unspecified atom stereocenters. The lowest BCUT2D eigenvalue weighted by atomic mass is 9.95. The van der Waals surface area contributed by atoms with Crippen molar-refractivity contribution in [3.05, 3.63) is 76.5 Å². The van der Waals surface area contributed by atoms with Crippen LogP contribution < -0.4 is 5.32 Å². The van der Waals surface area contributed by atoms with Crippen molar-refractivity contribution in [2.45, 2.75) is 25.7 Å². The third kappa shape index (κ3) is 5.52. The molecule has 1 aliphatic heterocycles. The maximum absolute atomic E-state index is 13.4. The number of carbonyl (C=O) groups is 2. The van der Waals surface area contributed by atoms with Crippen LogP contribution in [0.3, 0.4) is 0 Å². The minimum absolute atomic E-state index is 0.0939. The first-order chi connectivity index (χ1) is 15.1. The zero-order valence-corrected chi connectivity index (χ0v) is 17.8. The predicted molar refractivity (Wildman–Crippen MR) is 117 cm³/mol. The van der Waals surface area contributed by atoms with Crippen LogP contribution in [0.15, 0.2) is 54.6 Å². The number of piperidine rings is 1. The second kappa shape index (κ2) is 9.78. The van der Waals surface area contributed by atoms with Gasteiger partial charge < -0.3 is 10.2 Å². The van der Waals surface area contributed by atoms with Gasteiger partial charge in [0.1, 0.15) is 10.8 Å². The fraction of sp³-hybridized carbons (Fsp3) is 0.304. The highest BCUT2D eigenvalue weighted by Gasteiger charge is 2.28. The van der Waals surface area contributed by atoms with E-state index in [9.17, 15) is 14.0 Å². The molecule has 1 saturated heterocycles. The van der Waals surface area contributed by atoms with Crippen molar-refractivity contribution in [2.75, 3.05) is 18.4 Å². The van der Waals surface area contributed by atoms with E-state index in [0.717, 1.165) is 17.8 Å². The Morgan fingerprint density at radius 1 is 1.03 bits per heavy atom. The van der Waals surface area contributed by atoms with Gasteiger partial charge in [-0.25, -0.2) is 4.39 Å². The van der Waals surface area contributed by atoms with Gasteiger partial charge in [0, 0.05) is 31.0 Å². The van der Waals surface area contributed by atoms with Crippen molar-refractivity contribution < 1.29 is 14.0 Å². The zero-order chi connectivity index (χ0) is 21.6. The van der Waals surface area contributed by atoms with Gasteiger partial charge >= 0.3 is 0 Å². The molecule has 160 valence electrons. The summed E-state index contributed by atoms with van der Waals surface area (Å²) in [6, 6.07) is 15.9. The van der Waals surface area contributed by atoms with Crippen LogP contribution in [0.4, 0.5) is 9.52 Å². The number of halogens is 1. The summed E-state index contributed by atoms with van der Waals surface area (Å²) in [6.07, 6.45) is 2.78. The van der Waals surface area contributed by atoms with E-state index in [-0.39, 0.29) is 17.7 Å². The molecule has 31 heavy (non-hydrogen) atoms. The van der Waals surface area contributed by atoms with Crippen LogP contribution in [-0.2, 0) is 17.6 Å². The van der Waals surface area contributed by atoms with Gasteiger partial charge in [-0.1, -0.05) is 47.7 Å². The third-order valence-electron chi connectivity index (χ3n) is 5.39. The summed E-state index contributed by atoms with van der Waals surface area (Å²) in [5.74, 6) is -0.914. The van der Waals surface area contributed by atoms with Crippen LogP contribution in [0.5, 0.6) is 0 Å². The number of nitrogens with zero attached hydrogens (tertiary/aromatic N) is 3. The van der Waals surface area contributed by atoms with Crippen LogP contribution in [0, 0.1) is 11.7 Å². The van der Waals surface area contributed by atoms with Crippen LogP contribution >= 0.6 is 11.3 Å². The van der Waals surface area contributed by atoms with Crippen molar-refractivity contribution in [1.82, 2.24) is 15.1 Å². The first kappa shape index (κ1) is 21.1. The summed E-state index contributed by atoms with van der Waals surface area (Å²) in [4.78, 5) is 26.8. The molecule has 3 aromatic rings. The lowest BCUT2D eigenvalue weighted by Crippen LogP contribution is -2.41. The summed E-state index contributed by atoms with van der Waals surface area (Å²) in [6.45, 7) is 0.928. The van der Waals surface area contributed by atoms with Crippen molar-refractivity contribution in [3.8, 4) is 0 Å². The van der Waals surface area contributed by atoms with E-state index in [1.165, 1.54) is 35.1 Å². The SMILES string of the molecule is O=C(Nc1nnc(CCc2ccccc2)s1)C1CCN(C(=O)c2cccc(F)c2)CC1. The summed E-state index contributed by atoms with van der Waals surface area (Å²) in [5, 5.41) is 12.5. The predicted octanol–water partition coefficient (Wildman–Crippen LogP) is 3.95. The number of benzene rings is 2. The maximum Gasteiger partial charge on any atom is 0.253 e. The standard InChI is InChI=1S/C23H23FN4O2S/c24-19-8-4-7-18(15-19)22(30)28-13-11-17(12-14-28)21(29)25-23-27-26-20(31-23)10-9-16-5-2-1-3-6-16/h1-8,15,17H,9-14H2,(H,25,27,29). The topological polar surface area (TPSA) is 75.2 Å². The van der Waals surface area contributed by atoms with Gasteiger partial charge in [0.15, 0.2) is 0 Å². The van der Waals surface area contributed by atoms with Gasteiger partial charge in [0.05, 0.1) is 0 Å². The van der Waals surface area contributed by atoms with E-state index < -0.39 is 5.82 Å². The highest BCUT2D eigenvalue weighted by molar-refractivity contribution is 7.15. The molecule has 6 nitrogen and oxygen atoms in total. The van der Waals surface area contributed by atoms with Crippen LogP contribution in [0.25, 0.3) is 0 Å². The van der Waals surface area contributed by atoms with Crippen LogP contribution in [-0.4, -0.2) is 40.0 Å². The number of hydrogen-bond donors (Lipinski definition) is 1.